The Morgan fingerprint density at radius 2 is 0.945 bits per heavy atom. The number of nitrogens with zero attached hydrogens (tertiary/aromatic N) is 14. The van der Waals surface area contributed by atoms with Gasteiger partial charge in [-0.3, -0.25) is 0 Å². The Balaban J connectivity index is -0.000000369. The third-order valence-electron chi connectivity index (χ3n) is 20.6. The van der Waals surface area contributed by atoms with Gasteiger partial charge in [0, 0.05) is 102 Å². The maximum Gasteiger partial charge on any atom is 0.0945 e. The number of aromatic nitrogens is 6. The van der Waals surface area contributed by atoms with Gasteiger partial charge in [-0.05, 0) is 260 Å². The summed E-state index contributed by atoms with van der Waals surface area (Å²) in [6, 6.07) is 0.857. The summed E-state index contributed by atoms with van der Waals surface area (Å²) >= 11 is 0. The largest absolute Gasteiger partial charge is 0.348 e. The van der Waals surface area contributed by atoms with Crippen molar-refractivity contribution in [3.8, 4) is 0 Å². The van der Waals surface area contributed by atoms with E-state index in [1.807, 2.05) is 38.3 Å². The van der Waals surface area contributed by atoms with Crippen LogP contribution in [0.5, 0.6) is 0 Å². The van der Waals surface area contributed by atoms with Gasteiger partial charge in [-0.15, -0.1) is 0 Å². The maximum absolute atomic E-state index is 4.00. The number of imidazole rings is 3. The Hall–Kier alpha value is -2.73. The van der Waals surface area contributed by atoms with Crippen LogP contribution in [0.1, 0.15) is 350 Å². The first kappa shape index (κ1) is 116. The molecule has 3 fully saturated rings. The van der Waals surface area contributed by atoms with Crippen molar-refractivity contribution in [1.29, 1.82) is 0 Å². The normalized spacial score (nSPS) is 14.7. The zero-order valence-electron chi connectivity index (χ0n) is 80.4. The summed E-state index contributed by atoms with van der Waals surface area (Å²) < 4.78 is 4.13. The molecule has 110 heavy (non-hydrogen) atoms. The van der Waals surface area contributed by atoms with Crippen LogP contribution in [0.2, 0.25) is 0 Å². The number of piperidine rings is 2. The van der Waals surface area contributed by atoms with E-state index in [-0.39, 0.29) is 0 Å². The molecule has 3 aliphatic heterocycles. The Labute approximate surface area is 692 Å². The lowest BCUT2D eigenvalue weighted by atomic mass is 9.90. The van der Waals surface area contributed by atoms with E-state index in [1.165, 1.54) is 329 Å². The Kier molecular flexibility index (Phi) is 90.2. The lowest BCUT2D eigenvalue weighted by Crippen LogP contribution is -2.44. The number of likely N-dealkylation sites (N-methyl/N-ethyl adjacent to an activating group) is 1. The molecule has 3 saturated heterocycles. The average Bonchev–Trinajstić information content (AvgIpc) is 1.61. The summed E-state index contributed by atoms with van der Waals surface area (Å²) in [7, 11) is 12.7. The first-order valence-electron chi connectivity index (χ1n) is 46.9. The van der Waals surface area contributed by atoms with Gasteiger partial charge in [0.2, 0.25) is 0 Å². The first-order chi connectivity index (χ1) is 52.7. The average molecular weight is 1560 g/mol. The Bertz CT molecular complexity index is 2050. The van der Waals surface area contributed by atoms with Crippen LogP contribution in [0.3, 0.4) is 0 Å². The number of unbranched alkanes of at least 4 members (excludes halogenated alkanes) is 10. The number of aromatic amines is 1. The molecule has 0 aliphatic carbocycles. The number of piperazine rings is 1. The Morgan fingerprint density at radius 3 is 1.35 bits per heavy atom. The number of aryl methyl sites for hydroxylation is 4. The summed E-state index contributed by atoms with van der Waals surface area (Å²) in [5.41, 5.74) is 3.04. The third-order valence-corrected chi connectivity index (χ3v) is 20.6. The van der Waals surface area contributed by atoms with Gasteiger partial charge >= 0.3 is 0 Å². The van der Waals surface area contributed by atoms with E-state index in [0.29, 0.717) is 5.41 Å². The van der Waals surface area contributed by atoms with Crippen molar-refractivity contribution in [2.45, 2.75) is 364 Å². The lowest BCUT2D eigenvalue weighted by Gasteiger charge is -2.33. The predicted molar refractivity (Wildman–Crippen MR) is 496 cm³/mol. The lowest BCUT2D eigenvalue weighted by molar-refractivity contribution is 0.152. The summed E-state index contributed by atoms with van der Waals surface area (Å²) in [4.78, 5) is 37.1. The smallest absolute Gasteiger partial charge is 0.0945 e. The van der Waals surface area contributed by atoms with Crippen molar-refractivity contribution in [3.63, 3.8) is 0 Å². The second-order valence-corrected chi connectivity index (χ2v) is 34.5. The molecule has 0 bridgehead atoms. The molecule has 6 rings (SSSR count). The molecular weight excluding hydrogens is 1350 g/mol. The van der Waals surface area contributed by atoms with E-state index in [2.05, 4.69) is 268 Å². The van der Waals surface area contributed by atoms with E-state index in [9.17, 15) is 0 Å². The molecule has 3 aliphatic rings. The molecule has 0 aromatic carbocycles. The standard InChI is InChI=1S/C13H29N.2C10H21N.C10H23N.C9H20N2.C9H21N.C8H19N.C7H12N2.C7H17N.2C6H10N2/c1-6-7-8-9-14(10-12(2)3)11-13(4)5;1-3-4-8-11-9-6-5-7-10(11)2;1-2-3-5-8-11-9-6-4-7-10-11;1-5-11(6-2)9-7-8-10(3)4;1-3-4-5-11-8-6-10(2)7-9-11;1-4-7-8-9-10(5-2)6-3;1-6-8(2,3)7-9(4)5;1-3-4-7-5-8-6-9(7)2;1-4-5-6-7-8(2)3;1-2-4-8-5-3-7-6-8;1-2-3-6-4-7-5-8-6/h12-13H,6-11H2,1-5H3;10H,3-9H2,1-2H3;2-10H2,1H3;10H,5-9H2,1-4H3;3-9H2,1-2H3;4-9H2,1-3H3;6-7H2,1-5H3;5-6H,3-4H2,1-2H3;4-7H2,1-3H3;3,5-6H,2,4H2,1H3;4-5H,2-3H2,1H3,(H,7,8). The van der Waals surface area contributed by atoms with Crippen molar-refractivity contribution in [2.24, 2.45) is 30.2 Å². The Morgan fingerprint density at radius 1 is 0.455 bits per heavy atom. The highest BCUT2D eigenvalue weighted by atomic mass is 15.2. The van der Waals surface area contributed by atoms with E-state index < -0.39 is 0 Å². The molecule has 0 radical (unpaired) electrons. The molecule has 0 saturated carbocycles. The summed E-state index contributed by atoms with van der Waals surface area (Å²) in [6.45, 7) is 79.9. The zero-order chi connectivity index (χ0) is 83.9. The molecule has 6 heterocycles. The zero-order valence-corrected chi connectivity index (χ0v) is 80.4. The highest BCUT2D eigenvalue weighted by Crippen LogP contribution is 2.20. The van der Waals surface area contributed by atoms with Gasteiger partial charge in [-0.1, -0.05) is 242 Å². The van der Waals surface area contributed by atoms with E-state index >= 15 is 0 Å². The molecule has 1 unspecified atom stereocenters. The molecule has 1 atom stereocenters. The molecule has 658 valence electrons. The fourth-order valence-electron chi connectivity index (χ4n) is 13.2. The van der Waals surface area contributed by atoms with Crippen LogP contribution in [0, 0.1) is 23.2 Å². The van der Waals surface area contributed by atoms with Crippen molar-refractivity contribution in [3.05, 3.63) is 55.2 Å². The van der Waals surface area contributed by atoms with E-state index in [1.54, 1.807) is 12.5 Å². The van der Waals surface area contributed by atoms with Crippen LogP contribution in [-0.4, -0.2) is 252 Å². The van der Waals surface area contributed by atoms with E-state index in [0.717, 1.165) is 43.2 Å². The fraction of sp³-hybridized carbons (Fsp3) is 0.905. The SMILES string of the molecule is CCC(C)(C)CN(C)C.CCCCCN(C)C.CCCCCN(CC(C)C)CC(C)C.CCCCCN(CC)CC.CCCCCN1CCCCC1.CCCCN1CCCCC1C.CCCCN1CCN(C)CC1.CCCc1cnc[nH]1.CCCc1cncn1C.CCCn1ccnc1.CCN(CC)CCCC(C)C. The highest BCUT2D eigenvalue weighted by Gasteiger charge is 2.18. The van der Waals surface area contributed by atoms with Crippen LogP contribution >= 0.6 is 0 Å². The fourth-order valence-corrected chi connectivity index (χ4v) is 13.2. The topological polar surface area (TPSA) is 93.5 Å². The van der Waals surface area contributed by atoms with Crippen molar-refractivity contribution >= 4 is 0 Å². The number of H-pyrrole nitrogens is 1. The van der Waals surface area contributed by atoms with Crippen molar-refractivity contribution < 1.29 is 0 Å². The van der Waals surface area contributed by atoms with Gasteiger partial charge < -0.3 is 58.2 Å². The summed E-state index contributed by atoms with van der Waals surface area (Å²) in [5, 5.41) is 0. The maximum atomic E-state index is 4.00. The second kappa shape index (κ2) is 85.6. The number of hydrogen-bond donors (Lipinski definition) is 1. The summed E-state index contributed by atoms with van der Waals surface area (Å²) in [6.07, 6.45) is 53.2. The number of nitrogens with one attached hydrogen (secondary N) is 1. The third kappa shape index (κ3) is 83.2. The van der Waals surface area contributed by atoms with Crippen LogP contribution in [0.25, 0.3) is 0 Å². The van der Waals surface area contributed by atoms with Gasteiger partial charge in [0.15, 0.2) is 0 Å². The summed E-state index contributed by atoms with van der Waals surface area (Å²) in [5.74, 6) is 2.47. The highest BCUT2D eigenvalue weighted by molar-refractivity contribution is 4.97. The minimum Gasteiger partial charge on any atom is -0.348 e. The minimum atomic E-state index is 0.490. The van der Waals surface area contributed by atoms with Gasteiger partial charge in [0.1, 0.15) is 0 Å². The van der Waals surface area contributed by atoms with Crippen molar-refractivity contribution in [1.82, 2.24) is 73.2 Å². The quantitative estimate of drug-likeness (QED) is 0.0547. The van der Waals surface area contributed by atoms with Gasteiger partial charge in [-0.2, -0.15) is 0 Å². The van der Waals surface area contributed by atoms with Crippen molar-refractivity contribution in [2.75, 3.05) is 173 Å². The first-order valence-corrected chi connectivity index (χ1v) is 46.9. The van der Waals surface area contributed by atoms with Gasteiger partial charge in [0.25, 0.3) is 0 Å². The molecule has 0 spiro atoms. The number of rotatable bonds is 43. The number of likely N-dealkylation sites (tertiary alicyclic amines) is 2. The van der Waals surface area contributed by atoms with E-state index in [4.69, 9.17) is 0 Å². The number of hydrogen-bond acceptors (Lipinski definition) is 12. The molecule has 0 amide bonds. The van der Waals surface area contributed by atoms with Crippen LogP contribution < -0.4 is 0 Å². The minimum absolute atomic E-state index is 0.490. The molecule has 1 N–H and O–H groups in total. The molecule has 3 aromatic rings. The van der Waals surface area contributed by atoms with Crippen LogP contribution in [0.15, 0.2) is 43.8 Å². The molecule has 3 aromatic heterocycles. The predicted octanol–water partition coefficient (Wildman–Crippen LogP) is 23.2. The molecular formula is C95H203N15. The van der Waals surface area contributed by atoms with Crippen LogP contribution in [0.4, 0.5) is 0 Å². The van der Waals surface area contributed by atoms with Gasteiger partial charge in [-0.25, -0.2) is 15.0 Å². The monoisotopic (exact) mass is 1550 g/mol. The second-order valence-electron chi connectivity index (χ2n) is 34.5. The molecule has 15 nitrogen and oxygen atoms in total. The molecule has 15 heteroatoms. The van der Waals surface area contributed by atoms with Gasteiger partial charge in [0.05, 0.1) is 19.0 Å². The van der Waals surface area contributed by atoms with Crippen LogP contribution in [-0.2, 0) is 26.4 Å².